The molecule has 2 aliphatic carbocycles. The zero-order chi connectivity index (χ0) is 19.4. The molecule has 0 atom stereocenters. The molecule has 0 spiro atoms. The Hall–Kier alpha value is -2.63. The van der Waals surface area contributed by atoms with Crippen LogP contribution in [0.15, 0.2) is 18.2 Å². The van der Waals surface area contributed by atoms with Gasteiger partial charge in [0.1, 0.15) is 17.4 Å². The van der Waals surface area contributed by atoms with Crippen molar-refractivity contribution < 1.29 is 4.74 Å². The number of anilines is 1. The summed E-state index contributed by atoms with van der Waals surface area (Å²) in [6.45, 7) is 6.08. The Morgan fingerprint density at radius 3 is 2.39 bits per heavy atom. The van der Waals surface area contributed by atoms with Crippen LogP contribution in [0.3, 0.4) is 0 Å². The predicted molar refractivity (Wildman–Crippen MR) is 110 cm³/mol. The summed E-state index contributed by atoms with van der Waals surface area (Å²) in [5, 5.41) is 9.67. The minimum Gasteiger partial charge on any atom is -0.497 e. The monoisotopic (exact) mass is 377 g/mol. The first kappa shape index (κ1) is 17.5. The minimum atomic E-state index is 0.544. The second-order valence-corrected chi connectivity index (χ2v) is 8.31. The number of aryl methyl sites for hydroxylation is 3. The number of fused-ring (bicyclic) bond motifs is 1. The number of nitrogens with one attached hydrogen (secondary N) is 1. The minimum absolute atomic E-state index is 0.544. The topological polar surface area (TPSA) is 64.9 Å². The zero-order valence-corrected chi connectivity index (χ0v) is 17.0. The zero-order valence-electron chi connectivity index (χ0n) is 17.0. The Morgan fingerprint density at radius 2 is 1.79 bits per heavy atom. The van der Waals surface area contributed by atoms with Gasteiger partial charge in [0.15, 0.2) is 5.65 Å². The van der Waals surface area contributed by atoms with Gasteiger partial charge in [0, 0.05) is 6.04 Å². The van der Waals surface area contributed by atoms with E-state index >= 15 is 0 Å². The van der Waals surface area contributed by atoms with Crippen LogP contribution in [0.25, 0.3) is 16.7 Å². The number of aromatic nitrogens is 4. The highest BCUT2D eigenvalue weighted by atomic mass is 16.5. The smallest absolute Gasteiger partial charge is 0.168 e. The summed E-state index contributed by atoms with van der Waals surface area (Å²) in [4.78, 5) is 9.55. The van der Waals surface area contributed by atoms with E-state index in [-0.39, 0.29) is 0 Å². The standard InChI is InChI=1S/C22H27N5O/c1-12-11-17(28-4)9-10-18(12)27-22-19(13(2)26-27)21(23-14(3)24-22)25-20(15-5-6-15)16-7-8-16/h9-11,15-16,20H,5-8H2,1-4H3,(H,23,24,25). The molecule has 6 nitrogen and oxygen atoms in total. The van der Waals surface area contributed by atoms with Crippen LogP contribution in [0.4, 0.5) is 5.82 Å². The molecule has 2 heterocycles. The van der Waals surface area contributed by atoms with Crippen molar-refractivity contribution in [3.63, 3.8) is 0 Å². The van der Waals surface area contributed by atoms with Crippen molar-refractivity contribution in [3.8, 4) is 11.4 Å². The van der Waals surface area contributed by atoms with E-state index in [1.807, 2.05) is 36.7 Å². The third-order valence-electron chi connectivity index (χ3n) is 6.01. The Morgan fingerprint density at radius 1 is 1.07 bits per heavy atom. The third-order valence-corrected chi connectivity index (χ3v) is 6.01. The van der Waals surface area contributed by atoms with Gasteiger partial charge in [-0.15, -0.1) is 0 Å². The van der Waals surface area contributed by atoms with Crippen molar-refractivity contribution in [2.45, 2.75) is 52.5 Å². The van der Waals surface area contributed by atoms with Crippen LogP contribution in [0.1, 0.15) is 42.8 Å². The molecule has 5 rings (SSSR count). The molecule has 1 aromatic carbocycles. The first-order valence-corrected chi connectivity index (χ1v) is 10.2. The van der Waals surface area contributed by atoms with Crippen LogP contribution in [-0.2, 0) is 0 Å². The maximum absolute atomic E-state index is 5.35. The molecule has 1 N–H and O–H groups in total. The second-order valence-electron chi connectivity index (χ2n) is 8.31. The molecule has 2 aromatic heterocycles. The van der Waals surface area contributed by atoms with Crippen LogP contribution in [0, 0.1) is 32.6 Å². The van der Waals surface area contributed by atoms with Crippen molar-refractivity contribution >= 4 is 16.9 Å². The summed E-state index contributed by atoms with van der Waals surface area (Å²) in [7, 11) is 1.69. The Kier molecular flexibility index (Phi) is 4.03. The van der Waals surface area contributed by atoms with Crippen molar-refractivity contribution in [2.75, 3.05) is 12.4 Å². The fourth-order valence-corrected chi connectivity index (χ4v) is 4.25. The molecule has 3 aromatic rings. The Bertz CT molecular complexity index is 1040. The lowest BCUT2D eigenvalue weighted by Crippen LogP contribution is -2.25. The first-order chi connectivity index (χ1) is 13.5. The van der Waals surface area contributed by atoms with E-state index in [2.05, 4.69) is 12.2 Å². The number of ether oxygens (including phenoxy) is 1. The first-order valence-electron chi connectivity index (χ1n) is 10.2. The summed E-state index contributed by atoms with van der Waals surface area (Å²) in [6, 6.07) is 6.58. The highest BCUT2D eigenvalue weighted by molar-refractivity contribution is 5.90. The van der Waals surface area contributed by atoms with Gasteiger partial charge in [-0.25, -0.2) is 14.6 Å². The van der Waals surface area contributed by atoms with E-state index in [9.17, 15) is 0 Å². The Balaban J connectivity index is 1.62. The number of hydrogen-bond acceptors (Lipinski definition) is 5. The van der Waals surface area contributed by atoms with Gasteiger partial charge in [-0.1, -0.05) is 0 Å². The fraction of sp³-hybridized carbons (Fsp3) is 0.500. The fourth-order valence-electron chi connectivity index (χ4n) is 4.25. The largest absolute Gasteiger partial charge is 0.497 e. The lowest BCUT2D eigenvalue weighted by atomic mass is 10.1. The average Bonchev–Trinajstić information content (AvgIpc) is 3.58. The molecule has 0 radical (unpaired) electrons. The molecule has 2 saturated carbocycles. The van der Waals surface area contributed by atoms with Crippen molar-refractivity contribution in [3.05, 3.63) is 35.3 Å². The quantitative estimate of drug-likeness (QED) is 0.692. The molecular weight excluding hydrogens is 350 g/mol. The van der Waals surface area contributed by atoms with Crippen LogP contribution < -0.4 is 10.1 Å². The number of rotatable bonds is 6. The maximum Gasteiger partial charge on any atom is 0.168 e. The number of methoxy groups -OCH3 is 1. The average molecular weight is 377 g/mol. The van der Waals surface area contributed by atoms with Crippen LogP contribution in [0.5, 0.6) is 5.75 Å². The lowest BCUT2D eigenvalue weighted by Gasteiger charge is -2.19. The van der Waals surface area contributed by atoms with Gasteiger partial charge < -0.3 is 10.1 Å². The normalized spacial score (nSPS) is 16.8. The molecule has 28 heavy (non-hydrogen) atoms. The molecule has 6 heteroatoms. The summed E-state index contributed by atoms with van der Waals surface area (Å²) >= 11 is 0. The van der Waals surface area contributed by atoms with Gasteiger partial charge in [0.05, 0.1) is 23.9 Å². The Labute approximate surface area is 165 Å². The second kappa shape index (κ2) is 6.47. The van der Waals surface area contributed by atoms with Crippen LogP contribution >= 0.6 is 0 Å². The van der Waals surface area contributed by atoms with Crippen molar-refractivity contribution in [1.82, 2.24) is 19.7 Å². The molecule has 0 amide bonds. The van der Waals surface area contributed by atoms with Gasteiger partial charge in [0.25, 0.3) is 0 Å². The van der Waals surface area contributed by atoms with Crippen molar-refractivity contribution in [1.29, 1.82) is 0 Å². The summed E-state index contributed by atoms with van der Waals surface area (Å²) in [5.41, 5.74) is 3.94. The maximum atomic E-state index is 5.35. The lowest BCUT2D eigenvalue weighted by molar-refractivity contribution is 0.414. The summed E-state index contributed by atoms with van der Waals surface area (Å²) in [6.07, 6.45) is 5.35. The summed E-state index contributed by atoms with van der Waals surface area (Å²) < 4.78 is 7.30. The number of benzene rings is 1. The highest BCUT2D eigenvalue weighted by Gasteiger charge is 2.42. The molecule has 2 aliphatic rings. The SMILES string of the molecule is COc1ccc(-n2nc(C)c3c(NC(C4CC4)C4CC4)nc(C)nc32)c(C)c1. The van der Waals surface area contributed by atoms with Crippen LogP contribution in [-0.4, -0.2) is 32.9 Å². The number of hydrogen-bond donors (Lipinski definition) is 1. The van der Waals surface area contributed by atoms with Gasteiger partial charge in [0.2, 0.25) is 0 Å². The van der Waals surface area contributed by atoms with E-state index < -0.39 is 0 Å². The molecular formula is C22H27N5O. The van der Waals surface area contributed by atoms with E-state index in [0.29, 0.717) is 6.04 Å². The predicted octanol–water partition coefficient (Wildman–Crippen LogP) is 4.35. The molecule has 0 bridgehead atoms. The third kappa shape index (κ3) is 3.01. The van der Waals surface area contributed by atoms with Gasteiger partial charge >= 0.3 is 0 Å². The highest BCUT2D eigenvalue weighted by Crippen LogP contribution is 2.46. The molecule has 0 unspecified atom stereocenters. The molecule has 0 aliphatic heterocycles. The number of nitrogens with zero attached hydrogens (tertiary/aromatic N) is 4. The van der Waals surface area contributed by atoms with Gasteiger partial charge in [-0.2, -0.15) is 5.10 Å². The van der Waals surface area contributed by atoms with Gasteiger partial charge in [-0.3, -0.25) is 0 Å². The van der Waals surface area contributed by atoms with E-state index in [1.165, 1.54) is 25.7 Å². The van der Waals surface area contributed by atoms with E-state index in [0.717, 1.165) is 57.2 Å². The van der Waals surface area contributed by atoms with Gasteiger partial charge in [-0.05, 0) is 82.1 Å². The molecule has 146 valence electrons. The van der Waals surface area contributed by atoms with E-state index in [4.69, 9.17) is 19.8 Å². The van der Waals surface area contributed by atoms with E-state index in [1.54, 1.807) is 7.11 Å². The summed E-state index contributed by atoms with van der Waals surface area (Å²) in [5.74, 6) is 4.17. The van der Waals surface area contributed by atoms with Crippen LogP contribution in [0.2, 0.25) is 0 Å². The molecule has 0 saturated heterocycles. The molecule has 2 fully saturated rings. The van der Waals surface area contributed by atoms with Crippen molar-refractivity contribution in [2.24, 2.45) is 11.8 Å².